The summed E-state index contributed by atoms with van der Waals surface area (Å²) in [5.41, 5.74) is 4.74. The molecule has 7 nitrogen and oxygen atoms in total. The Hall–Kier alpha value is -4.39. The van der Waals surface area contributed by atoms with Crippen LogP contribution in [-0.2, 0) is 11.3 Å². The highest BCUT2D eigenvalue weighted by molar-refractivity contribution is 6.03. The topological polar surface area (TPSA) is 86.2 Å². The summed E-state index contributed by atoms with van der Waals surface area (Å²) in [6.45, 7) is 7.50. The van der Waals surface area contributed by atoms with Crippen molar-refractivity contribution in [2.75, 3.05) is 5.32 Å². The third-order valence-electron chi connectivity index (χ3n) is 6.21. The van der Waals surface area contributed by atoms with Gasteiger partial charge < -0.3 is 9.73 Å². The van der Waals surface area contributed by atoms with Crippen molar-refractivity contribution in [3.63, 3.8) is 0 Å². The molecule has 1 N–H and O–H groups in total. The first-order chi connectivity index (χ1) is 16.7. The van der Waals surface area contributed by atoms with Crippen molar-refractivity contribution in [1.82, 2.24) is 9.13 Å². The van der Waals surface area contributed by atoms with E-state index in [1.807, 2.05) is 52.0 Å². The Bertz CT molecular complexity index is 1730. The summed E-state index contributed by atoms with van der Waals surface area (Å²) in [6.07, 6.45) is 0. The molecule has 0 saturated heterocycles. The maximum Gasteiger partial charge on any atom is 0.336 e. The second-order valence-corrected chi connectivity index (χ2v) is 8.98. The Balaban J connectivity index is 1.72. The predicted molar refractivity (Wildman–Crippen MR) is 138 cm³/mol. The van der Waals surface area contributed by atoms with Crippen LogP contribution in [0.4, 0.5) is 5.69 Å². The minimum atomic E-state index is -0.604. The number of benzene rings is 3. The lowest BCUT2D eigenvalue weighted by Crippen LogP contribution is -2.40. The zero-order valence-corrected chi connectivity index (χ0v) is 20.0. The van der Waals surface area contributed by atoms with Crippen molar-refractivity contribution in [2.24, 2.45) is 0 Å². The zero-order chi connectivity index (χ0) is 24.9. The van der Waals surface area contributed by atoms with Crippen LogP contribution in [0.15, 0.2) is 74.7 Å². The van der Waals surface area contributed by atoms with Crippen LogP contribution in [0, 0.1) is 27.7 Å². The Morgan fingerprint density at radius 3 is 2.31 bits per heavy atom. The molecule has 0 atom stereocenters. The number of nitrogens with zero attached hydrogens (tertiary/aromatic N) is 2. The number of rotatable bonds is 4. The van der Waals surface area contributed by atoms with Crippen LogP contribution in [-0.4, -0.2) is 15.0 Å². The van der Waals surface area contributed by atoms with Gasteiger partial charge in [0.15, 0.2) is 0 Å². The number of aromatic nitrogens is 2. The van der Waals surface area contributed by atoms with Gasteiger partial charge in [-0.1, -0.05) is 24.3 Å². The fraction of sp³-hybridized carbons (Fsp3) is 0.179. The Kier molecular flexibility index (Phi) is 5.40. The molecule has 2 aromatic heterocycles. The number of fused-ring (bicyclic) bond motifs is 3. The number of para-hydroxylation sites is 1. The van der Waals surface area contributed by atoms with E-state index in [-0.39, 0.29) is 18.0 Å². The minimum Gasteiger partial charge on any atom is -0.449 e. The molecule has 2 heterocycles. The van der Waals surface area contributed by atoms with Gasteiger partial charge in [0.05, 0.1) is 5.69 Å². The van der Waals surface area contributed by atoms with Crippen molar-refractivity contribution in [1.29, 1.82) is 0 Å². The van der Waals surface area contributed by atoms with E-state index in [1.54, 1.807) is 36.4 Å². The summed E-state index contributed by atoms with van der Waals surface area (Å²) in [7, 11) is 0. The van der Waals surface area contributed by atoms with Crippen molar-refractivity contribution in [3.05, 3.63) is 104 Å². The van der Waals surface area contributed by atoms with Crippen LogP contribution < -0.4 is 16.6 Å². The fourth-order valence-corrected chi connectivity index (χ4v) is 4.48. The van der Waals surface area contributed by atoms with Crippen molar-refractivity contribution in [2.45, 2.75) is 34.2 Å². The molecule has 0 bridgehead atoms. The summed E-state index contributed by atoms with van der Waals surface area (Å²) < 4.78 is 8.29. The van der Waals surface area contributed by atoms with Gasteiger partial charge in [0, 0.05) is 11.1 Å². The van der Waals surface area contributed by atoms with E-state index in [1.165, 1.54) is 4.57 Å². The highest BCUT2D eigenvalue weighted by Gasteiger charge is 2.22. The van der Waals surface area contributed by atoms with Crippen molar-refractivity contribution >= 4 is 33.7 Å². The molecule has 1 amide bonds. The first-order valence-corrected chi connectivity index (χ1v) is 11.4. The van der Waals surface area contributed by atoms with Gasteiger partial charge in [-0.15, -0.1) is 0 Å². The molecule has 7 heteroatoms. The molecule has 5 aromatic rings. The number of hydrogen-bond donors (Lipinski definition) is 1. The van der Waals surface area contributed by atoms with Crippen molar-refractivity contribution < 1.29 is 9.21 Å². The quantitative estimate of drug-likeness (QED) is 0.413. The number of carbonyl (C=O) groups is 1. The van der Waals surface area contributed by atoms with E-state index in [2.05, 4.69) is 5.32 Å². The monoisotopic (exact) mass is 467 g/mol. The van der Waals surface area contributed by atoms with E-state index >= 15 is 0 Å². The van der Waals surface area contributed by atoms with Crippen molar-refractivity contribution in [3.8, 4) is 5.69 Å². The summed E-state index contributed by atoms with van der Waals surface area (Å²) >= 11 is 0. The lowest BCUT2D eigenvalue weighted by Gasteiger charge is -2.13. The van der Waals surface area contributed by atoms with E-state index in [4.69, 9.17) is 4.42 Å². The van der Waals surface area contributed by atoms with Gasteiger partial charge in [-0.3, -0.25) is 14.2 Å². The first-order valence-electron chi connectivity index (χ1n) is 11.4. The first kappa shape index (κ1) is 22.4. The molecule has 3 aromatic carbocycles. The van der Waals surface area contributed by atoms with Gasteiger partial charge in [-0.25, -0.2) is 9.36 Å². The van der Waals surface area contributed by atoms with Crippen LogP contribution in [0.1, 0.15) is 22.3 Å². The molecule has 0 saturated carbocycles. The van der Waals surface area contributed by atoms with E-state index in [9.17, 15) is 14.4 Å². The molecule has 0 aliphatic rings. The maximum atomic E-state index is 13.7. The Morgan fingerprint density at radius 1 is 0.886 bits per heavy atom. The zero-order valence-electron chi connectivity index (χ0n) is 20.0. The standard InChI is InChI=1S/C28H25N3O4/c1-16-11-17(2)13-20(12-16)29-24(32)15-30-25-22-7-5-6-8-23(22)35-26(25)27(33)31(28(30)34)21-10-9-18(3)19(4)14-21/h5-14H,15H2,1-4H3,(H,29,32). The van der Waals surface area contributed by atoms with Crippen LogP contribution in [0.3, 0.4) is 0 Å². The number of anilines is 1. The van der Waals surface area contributed by atoms with Gasteiger partial charge in [0.1, 0.15) is 17.6 Å². The smallest absolute Gasteiger partial charge is 0.336 e. The molecule has 35 heavy (non-hydrogen) atoms. The Labute approximate surface area is 201 Å². The molecule has 0 aliphatic carbocycles. The number of hydrogen-bond acceptors (Lipinski definition) is 4. The summed E-state index contributed by atoms with van der Waals surface area (Å²) in [6, 6.07) is 18.2. The van der Waals surface area contributed by atoms with E-state index in [0.717, 1.165) is 26.8 Å². The summed E-state index contributed by atoms with van der Waals surface area (Å²) in [4.78, 5) is 40.3. The van der Waals surface area contributed by atoms with E-state index in [0.29, 0.717) is 27.9 Å². The van der Waals surface area contributed by atoms with Gasteiger partial charge in [0.2, 0.25) is 11.5 Å². The van der Waals surface area contributed by atoms with Crippen LogP contribution >= 0.6 is 0 Å². The lowest BCUT2D eigenvalue weighted by molar-refractivity contribution is -0.116. The average Bonchev–Trinajstić information content (AvgIpc) is 3.18. The number of carbonyl (C=O) groups excluding carboxylic acids is 1. The molecule has 0 fully saturated rings. The third-order valence-corrected chi connectivity index (χ3v) is 6.21. The highest BCUT2D eigenvalue weighted by Crippen LogP contribution is 2.26. The normalized spacial score (nSPS) is 11.3. The number of amides is 1. The van der Waals surface area contributed by atoms with Gasteiger partial charge in [-0.2, -0.15) is 0 Å². The van der Waals surface area contributed by atoms with E-state index < -0.39 is 11.2 Å². The number of furan rings is 1. The largest absolute Gasteiger partial charge is 0.449 e. The molecule has 5 rings (SSSR count). The van der Waals surface area contributed by atoms with Crippen LogP contribution in [0.5, 0.6) is 0 Å². The molecule has 176 valence electrons. The van der Waals surface area contributed by atoms with Gasteiger partial charge in [0.25, 0.3) is 0 Å². The van der Waals surface area contributed by atoms with Crippen LogP contribution in [0.25, 0.3) is 27.8 Å². The second-order valence-electron chi connectivity index (χ2n) is 8.98. The second kappa shape index (κ2) is 8.43. The Morgan fingerprint density at radius 2 is 1.60 bits per heavy atom. The average molecular weight is 468 g/mol. The van der Waals surface area contributed by atoms with Crippen LogP contribution in [0.2, 0.25) is 0 Å². The lowest BCUT2D eigenvalue weighted by atomic mass is 10.1. The summed E-state index contributed by atoms with van der Waals surface area (Å²) in [5.74, 6) is -0.381. The van der Waals surface area contributed by atoms with Gasteiger partial charge in [-0.05, 0) is 86.3 Å². The predicted octanol–water partition coefficient (Wildman–Crippen LogP) is 4.77. The highest BCUT2D eigenvalue weighted by atomic mass is 16.3. The third kappa shape index (κ3) is 3.95. The number of nitrogens with one attached hydrogen (secondary N) is 1. The SMILES string of the molecule is Cc1cc(C)cc(NC(=O)Cn2c(=O)n(-c3ccc(C)c(C)c3)c(=O)c3oc4ccccc4c32)c1. The minimum absolute atomic E-state index is 0.0308. The van der Waals surface area contributed by atoms with Gasteiger partial charge >= 0.3 is 11.2 Å². The molecular weight excluding hydrogens is 442 g/mol. The summed E-state index contributed by atoms with van der Waals surface area (Å²) in [5, 5.41) is 3.48. The molecule has 0 spiro atoms. The maximum absolute atomic E-state index is 13.7. The molecule has 0 unspecified atom stereocenters. The number of aryl methyl sites for hydroxylation is 4. The molecule has 0 radical (unpaired) electrons. The molecular formula is C28H25N3O4. The molecule has 0 aliphatic heterocycles. The fourth-order valence-electron chi connectivity index (χ4n) is 4.48.